The molecule has 0 radical (unpaired) electrons. The van der Waals surface area contributed by atoms with Gasteiger partial charge in [-0.1, -0.05) is 31.2 Å². The summed E-state index contributed by atoms with van der Waals surface area (Å²) >= 11 is 0. The van der Waals surface area contributed by atoms with Crippen LogP contribution < -0.4 is 11.1 Å². The molecule has 0 spiro atoms. The molecule has 2 nitrogen and oxygen atoms in total. The summed E-state index contributed by atoms with van der Waals surface area (Å²) in [5, 5.41) is 3.45. The summed E-state index contributed by atoms with van der Waals surface area (Å²) in [6, 6.07) is 8.76. The quantitative estimate of drug-likeness (QED) is 0.810. The number of benzene rings is 1. The third kappa shape index (κ3) is 2.45. The number of nitrogens with one attached hydrogen (secondary N) is 1. The monoisotopic (exact) mass is 218 g/mol. The van der Waals surface area contributed by atoms with Crippen molar-refractivity contribution in [2.45, 2.75) is 25.7 Å². The van der Waals surface area contributed by atoms with E-state index in [-0.39, 0.29) is 0 Å². The Morgan fingerprint density at radius 2 is 2.25 bits per heavy atom. The molecule has 2 atom stereocenters. The van der Waals surface area contributed by atoms with Gasteiger partial charge in [-0.25, -0.2) is 0 Å². The van der Waals surface area contributed by atoms with Crippen molar-refractivity contribution in [2.75, 3.05) is 19.6 Å². The Balaban J connectivity index is 2.17. The fourth-order valence-corrected chi connectivity index (χ4v) is 2.72. The topological polar surface area (TPSA) is 38.0 Å². The molecule has 16 heavy (non-hydrogen) atoms. The van der Waals surface area contributed by atoms with Crippen LogP contribution >= 0.6 is 0 Å². The molecule has 1 saturated heterocycles. The van der Waals surface area contributed by atoms with Crippen molar-refractivity contribution in [3.63, 3.8) is 0 Å². The van der Waals surface area contributed by atoms with E-state index in [0.717, 1.165) is 25.4 Å². The third-order valence-electron chi connectivity index (χ3n) is 3.76. The van der Waals surface area contributed by atoms with E-state index in [1.807, 2.05) is 0 Å². The Bertz CT molecular complexity index is 329. The van der Waals surface area contributed by atoms with Crippen LogP contribution in [0.3, 0.4) is 0 Å². The predicted molar refractivity (Wildman–Crippen MR) is 68.6 cm³/mol. The van der Waals surface area contributed by atoms with Gasteiger partial charge in [0, 0.05) is 0 Å². The highest BCUT2D eigenvalue weighted by atomic mass is 14.9. The minimum Gasteiger partial charge on any atom is -0.330 e. The summed E-state index contributed by atoms with van der Waals surface area (Å²) in [7, 11) is 0. The first kappa shape index (κ1) is 11.6. The Labute approximate surface area is 98.2 Å². The molecular formula is C14H22N2. The van der Waals surface area contributed by atoms with Gasteiger partial charge in [0.2, 0.25) is 0 Å². The van der Waals surface area contributed by atoms with Crippen molar-refractivity contribution in [3.8, 4) is 0 Å². The summed E-state index contributed by atoms with van der Waals surface area (Å²) in [6.45, 7) is 5.44. The van der Waals surface area contributed by atoms with Crippen molar-refractivity contribution < 1.29 is 0 Å². The second kappa shape index (κ2) is 5.46. The number of nitrogens with two attached hydrogens (primary N) is 1. The number of rotatable bonds is 4. The Hall–Kier alpha value is -0.860. The molecule has 0 saturated carbocycles. The van der Waals surface area contributed by atoms with E-state index in [1.54, 1.807) is 0 Å². The van der Waals surface area contributed by atoms with Crippen LogP contribution in [-0.2, 0) is 6.42 Å². The predicted octanol–water partition coefficient (Wildman–Crippen LogP) is 1.90. The van der Waals surface area contributed by atoms with E-state index in [1.165, 1.54) is 24.1 Å². The van der Waals surface area contributed by atoms with E-state index < -0.39 is 0 Å². The SMILES string of the molecule is CC(c1ccccc1CCN)C1CCNC1. The number of hydrogen-bond donors (Lipinski definition) is 2. The highest BCUT2D eigenvalue weighted by molar-refractivity contribution is 5.31. The molecule has 1 aromatic carbocycles. The lowest BCUT2D eigenvalue weighted by molar-refractivity contribution is 0.485. The van der Waals surface area contributed by atoms with Gasteiger partial charge in [0.05, 0.1) is 0 Å². The summed E-state index contributed by atoms with van der Waals surface area (Å²) in [5.74, 6) is 1.44. The van der Waals surface area contributed by atoms with Crippen molar-refractivity contribution >= 4 is 0 Å². The minimum atomic E-state index is 0.651. The lowest BCUT2D eigenvalue weighted by Crippen LogP contribution is -2.16. The molecule has 2 rings (SSSR count). The average molecular weight is 218 g/mol. The summed E-state index contributed by atoms with van der Waals surface area (Å²) < 4.78 is 0. The highest BCUT2D eigenvalue weighted by Crippen LogP contribution is 2.30. The first-order valence-corrected chi connectivity index (χ1v) is 6.31. The first-order valence-electron chi connectivity index (χ1n) is 6.31. The molecule has 2 unspecified atom stereocenters. The van der Waals surface area contributed by atoms with Gasteiger partial charge in [0.1, 0.15) is 0 Å². The van der Waals surface area contributed by atoms with Crippen LogP contribution in [0.1, 0.15) is 30.4 Å². The summed E-state index contributed by atoms with van der Waals surface area (Å²) in [5.41, 5.74) is 8.61. The maximum Gasteiger partial charge on any atom is -0.00143 e. The standard InChI is InChI=1S/C14H22N2/c1-11(13-7-9-16-10-13)14-5-3-2-4-12(14)6-8-15/h2-5,11,13,16H,6-10,15H2,1H3. The largest absolute Gasteiger partial charge is 0.330 e. The van der Waals surface area contributed by atoms with Gasteiger partial charge in [-0.15, -0.1) is 0 Å². The smallest absolute Gasteiger partial charge is 0.00143 e. The normalized spacial score (nSPS) is 22.2. The molecule has 0 aromatic heterocycles. The highest BCUT2D eigenvalue weighted by Gasteiger charge is 2.23. The van der Waals surface area contributed by atoms with Gasteiger partial charge in [0.15, 0.2) is 0 Å². The van der Waals surface area contributed by atoms with Crippen LogP contribution in [0.25, 0.3) is 0 Å². The Kier molecular flexibility index (Phi) is 3.97. The molecular weight excluding hydrogens is 196 g/mol. The maximum absolute atomic E-state index is 5.67. The fraction of sp³-hybridized carbons (Fsp3) is 0.571. The van der Waals surface area contributed by atoms with Crippen molar-refractivity contribution in [2.24, 2.45) is 11.7 Å². The molecule has 88 valence electrons. The molecule has 1 heterocycles. The Morgan fingerprint density at radius 3 is 2.94 bits per heavy atom. The number of hydrogen-bond acceptors (Lipinski definition) is 2. The molecule has 3 N–H and O–H groups in total. The average Bonchev–Trinajstić information content (AvgIpc) is 2.83. The van der Waals surface area contributed by atoms with Gasteiger partial charge in [-0.05, 0) is 55.4 Å². The van der Waals surface area contributed by atoms with E-state index >= 15 is 0 Å². The zero-order valence-corrected chi connectivity index (χ0v) is 10.1. The lowest BCUT2D eigenvalue weighted by atomic mass is 9.84. The molecule has 0 amide bonds. The zero-order valence-electron chi connectivity index (χ0n) is 10.1. The summed E-state index contributed by atoms with van der Waals surface area (Å²) in [4.78, 5) is 0. The van der Waals surface area contributed by atoms with Crippen LogP contribution in [0.4, 0.5) is 0 Å². The van der Waals surface area contributed by atoms with Crippen molar-refractivity contribution in [1.29, 1.82) is 0 Å². The molecule has 2 heteroatoms. The molecule has 0 aliphatic carbocycles. The molecule has 1 aliphatic heterocycles. The minimum absolute atomic E-state index is 0.651. The van der Waals surface area contributed by atoms with Gasteiger partial charge in [-0.2, -0.15) is 0 Å². The van der Waals surface area contributed by atoms with Gasteiger partial charge >= 0.3 is 0 Å². The molecule has 1 aliphatic rings. The zero-order chi connectivity index (χ0) is 11.4. The fourth-order valence-electron chi connectivity index (χ4n) is 2.72. The van der Waals surface area contributed by atoms with Gasteiger partial charge in [-0.3, -0.25) is 0 Å². The van der Waals surface area contributed by atoms with Crippen LogP contribution in [0.5, 0.6) is 0 Å². The molecule has 1 fully saturated rings. The van der Waals surface area contributed by atoms with Crippen LogP contribution in [0, 0.1) is 5.92 Å². The summed E-state index contributed by atoms with van der Waals surface area (Å²) in [6.07, 6.45) is 2.30. The van der Waals surface area contributed by atoms with Crippen molar-refractivity contribution in [3.05, 3.63) is 35.4 Å². The first-order chi connectivity index (χ1) is 7.83. The maximum atomic E-state index is 5.67. The Morgan fingerprint density at radius 1 is 1.44 bits per heavy atom. The second-order valence-electron chi connectivity index (χ2n) is 4.78. The van der Waals surface area contributed by atoms with E-state index in [0.29, 0.717) is 5.92 Å². The van der Waals surface area contributed by atoms with E-state index in [4.69, 9.17) is 5.73 Å². The van der Waals surface area contributed by atoms with Crippen LogP contribution in [-0.4, -0.2) is 19.6 Å². The van der Waals surface area contributed by atoms with Gasteiger partial charge < -0.3 is 11.1 Å². The molecule has 0 bridgehead atoms. The van der Waals surface area contributed by atoms with Crippen LogP contribution in [0.15, 0.2) is 24.3 Å². The van der Waals surface area contributed by atoms with Gasteiger partial charge in [0.25, 0.3) is 0 Å². The lowest BCUT2D eigenvalue weighted by Gasteiger charge is -2.21. The second-order valence-corrected chi connectivity index (χ2v) is 4.78. The third-order valence-corrected chi connectivity index (χ3v) is 3.76. The van der Waals surface area contributed by atoms with Crippen molar-refractivity contribution in [1.82, 2.24) is 5.32 Å². The van der Waals surface area contributed by atoms with E-state index in [2.05, 4.69) is 36.5 Å². The van der Waals surface area contributed by atoms with E-state index in [9.17, 15) is 0 Å². The molecule has 1 aromatic rings. The van der Waals surface area contributed by atoms with Crippen LogP contribution in [0.2, 0.25) is 0 Å².